The summed E-state index contributed by atoms with van der Waals surface area (Å²) in [7, 11) is 4.61. The lowest BCUT2D eigenvalue weighted by molar-refractivity contribution is -0.906. The number of hydrogen-bond donors (Lipinski definition) is 2. The summed E-state index contributed by atoms with van der Waals surface area (Å²) in [6.45, 7) is 17.5. The Labute approximate surface area is 230 Å². The topological polar surface area (TPSA) is 58.2 Å². The van der Waals surface area contributed by atoms with Gasteiger partial charge in [0.25, 0.3) is 0 Å². The van der Waals surface area contributed by atoms with Gasteiger partial charge >= 0.3 is 0 Å². The van der Waals surface area contributed by atoms with Crippen molar-refractivity contribution in [1.29, 1.82) is 0 Å². The number of carbonyl (C=O) groups excluding carboxylic acids is 2. The number of halogens is 2. The van der Waals surface area contributed by atoms with Gasteiger partial charge in [-0.25, -0.2) is 0 Å². The number of unbranched alkanes of at least 4 members (excludes halogenated alkanes) is 4. The SMILES string of the molecule is CC[N+](C)(CC)CCCCCNC1=CC(=O)C(NCCCCC[N+](C)(CC)CC)=CC1=O.[Br-].[Br-]. The van der Waals surface area contributed by atoms with Gasteiger partial charge in [-0.1, -0.05) is 0 Å². The third-order valence-electron chi connectivity index (χ3n) is 7.52. The monoisotopic (exact) mass is 608 g/mol. The van der Waals surface area contributed by atoms with E-state index >= 15 is 0 Å². The molecule has 0 radical (unpaired) electrons. The molecule has 0 saturated heterocycles. The smallest absolute Gasteiger partial charge is 0.203 e. The van der Waals surface area contributed by atoms with E-state index in [2.05, 4.69) is 52.4 Å². The molecule has 0 unspecified atom stereocenters. The van der Waals surface area contributed by atoms with Crippen LogP contribution in [0.25, 0.3) is 0 Å². The van der Waals surface area contributed by atoms with Crippen LogP contribution in [0.1, 0.15) is 66.2 Å². The zero-order valence-corrected chi connectivity index (χ0v) is 25.7. The van der Waals surface area contributed by atoms with E-state index in [4.69, 9.17) is 0 Å². The van der Waals surface area contributed by atoms with Gasteiger partial charge in [0, 0.05) is 25.2 Å². The van der Waals surface area contributed by atoms with Crippen molar-refractivity contribution in [2.75, 3.05) is 66.5 Å². The first-order chi connectivity index (χ1) is 15.2. The van der Waals surface area contributed by atoms with Crippen molar-refractivity contribution in [2.24, 2.45) is 0 Å². The fourth-order valence-corrected chi connectivity index (χ4v) is 3.95. The van der Waals surface area contributed by atoms with Crippen molar-refractivity contribution in [1.82, 2.24) is 10.6 Å². The number of rotatable bonds is 18. The van der Waals surface area contributed by atoms with Crippen molar-refractivity contribution < 1.29 is 52.5 Å². The molecule has 0 saturated carbocycles. The molecule has 1 aliphatic rings. The van der Waals surface area contributed by atoms with Crippen molar-refractivity contribution >= 4 is 11.6 Å². The Hall–Kier alpha value is -0.700. The number of hydrogen-bond acceptors (Lipinski definition) is 4. The maximum Gasteiger partial charge on any atom is 0.203 e. The van der Waals surface area contributed by atoms with E-state index < -0.39 is 0 Å². The maximum atomic E-state index is 12.4. The molecule has 0 atom stereocenters. The van der Waals surface area contributed by atoms with E-state index in [1.54, 1.807) is 0 Å². The van der Waals surface area contributed by atoms with E-state index in [0.29, 0.717) is 11.4 Å². The molecule has 0 aliphatic heterocycles. The normalized spacial score (nSPS) is 14.1. The third-order valence-corrected chi connectivity index (χ3v) is 7.52. The molecule has 0 fully saturated rings. The van der Waals surface area contributed by atoms with E-state index in [0.717, 1.165) is 73.9 Å². The molecular weight excluding hydrogens is 560 g/mol. The molecule has 0 heterocycles. The molecule has 1 rings (SSSR count). The van der Waals surface area contributed by atoms with Gasteiger partial charge in [-0.2, -0.15) is 0 Å². The van der Waals surface area contributed by atoms with E-state index in [9.17, 15) is 9.59 Å². The molecule has 34 heavy (non-hydrogen) atoms. The van der Waals surface area contributed by atoms with Crippen LogP contribution in [-0.4, -0.2) is 87.0 Å². The molecule has 6 nitrogen and oxygen atoms in total. The quantitative estimate of drug-likeness (QED) is 0.102. The summed E-state index contributed by atoms with van der Waals surface area (Å²) in [4.78, 5) is 24.8. The Kier molecular flexibility index (Phi) is 19.3. The lowest BCUT2D eigenvalue weighted by atomic mass is 10.1. The van der Waals surface area contributed by atoms with Crippen LogP contribution in [0.4, 0.5) is 0 Å². The van der Waals surface area contributed by atoms with E-state index in [-0.39, 0.29) is 45.5 Å². The molecule has 0 aromatic heterocycles. The van der Waals surface area contributed by atoms with Gasteiger partial charge in [0.15, 0.2) is 0 Å². The minimum Gasteiger partial charge on any atom is -1.00 e. The van der Waals surface area contributed by atoms with Gasteiger partial charge in [-0.15, -0.1) is 0 Å². The molecular formula is C26H50Br2N4O2. The van der Waals surface area contributed by atoms with Crippen molar-refractivity contribution in [2.45, 2.75) is 66.2 Å². The molecule has 1 aliphatic carbocycles. The van der Waals surface area contributed by atoms with Gasteiger partial charge in [0.2, 0.25) is 11.6 Å². The fraction of sp³-hybridized carbons (Fsp3) is 0.769. The van der Waals surface area contributed by atoms with Crippen LogP contribution in [0.3, 0.4) is 0 Å². The number of nitrogens with zero attached hydrogens (tertiary/aromatic N) is 2. The number of carbonyl (C=O) groups is 2. The Morgan fingerprint density at radius 3 is 1.21 bits per heavy atom. The summed E-state index contributed by atoms with van der Waals surface area (Å²) < 4.78 is 2.23. The van der Waals surface area contributed by atoms with Crippen molar-refractivity contribution in [3.8, 4) is 0 Å². The number of allylic oxidation sites excluding steroid dienone is 2. The van der Waals surface area contributed by atoms with Crippen LogP contribution in [0.2, 0.25) is 0 Å². The highest BCUT2D eigenvalue weighted by Gasteiger charge is 2.20. The molecule has 8 heteroatoms. The lowest BCUT2D eigenvalue weighted by Crippen LogP contribution is -3.00. The minimum atomic E-state index is -0.104. The molecule has 0 aromatic rings. The first kappa shape index (κ1) is 35.5. The highest BCUT2D eigenvalue weighted by molar-refractivity contribution is 6.19. The second-order valence-corrected chi connectivity index (χ2v) is 9.77. The van der Waals surface area contributed by atoms with E-state index in [1.165, 1.54) is 38.1 Å². The molecule has 200 valence electrons. The fourth-order valence-electron chi connectivity index (χ4n) is 3.95. The Bertz CT molecular complexity index is 601. The maximum absolute atomic E-state index is 12.4. The number of ketones is 2. The average molecular weight is 611 g/mol. The Balaban J connectivity index is 0. The predicted molar refractivity (Wildman–Crippen MR) is 134 cm³/mol. The third kappa shape index (κ3) is 12.8. The second-order valence-electron chi connectivity index (χ2n) is 9.77. The van der Waals surface area contributed by atoms with Crippen LogP contribution in [0, 0.1) is 0 Å². The molecule has 0 amide bonds. The van der Waals surface area contributed by atoms with E-state index in [1.807, 2.05) is 0 Å². The standard InChI is InChI=1S/C26H48N4O2.2BrH/c1-7-29(5,8-2)19-15-11-13-17-27-23-21-26(32)24(22-25(23)31)28-18-14-12-16-20-30(6,9-3)10-4;;/h21-22H,7-20H2,1-6H3;2*1H. The summed E-state index contributed by atoms with van der Waals surface area (Å²) in [5.41, 5.74) is 0.860. The van der Waals surface area contributed by atoms with Gasteiger partial charge < -0.3 is 53.6 Å². The number of nitrogens with one attached hydrogen (secondary N) is 2. The van der Waals surface area contributed by atoms with Crippen LogP contribution >= 0.6 is 0 Å². The minimum absolute atomic E-state index is 0. The summed E-state index contributed by atoms with van der Waals surface area (Å²) in [5, 5.41) is 6.34. The van der Waals surface area contributed by atoms with Gasteiger partial charge in [-0.3, -0.25) is 9.59 Å². The highest BCUT2D eigenvalue weighted by atomic mass is 79.9. The summed E-state index contributed by atoms with van der Waals surface area (Å²) in [5.74, 6) is -0.209. The summed E-state index contributed by atoms with van der Waals surface area (Å²) in [6.07, 6.45) is 9.57. The molecule has 2 N–H and O–H groups in total. The van der Waals surface area contributed by atoms with Crippen molar-refractivity contribution in [3.05, 3.63) is 23.5 Å². The van der Waals surface area contributed by atoms with Crippen LogP contribution < -0.4 is 44.6 Å². The average Bonchev–Trinajstić information content (AvgIpc) is 2.80. The zero-order chi connectivity index (χ0) is 24.0. The summed E-state index contributed by atoms with van der Waals surface area (Å²) >= 11 is 0. The second kappa shape index (κ2) is 18.6. The molecule has 0 spiro atoms. The van der Waals surface area contributed by atoms with Crippen LogP contribution in [0.5, 0.6) is 0 Å². The van der Waals surface area contributed by atoms with Crippen LogP contribution in [-0.2, 0) is 9.59 Å². The van der Waals surface area contributed by atoms with Crippen LogP contribution in [0.15, 0.2) is 23.5 Å². The largest absolute Gasteiger partial charge is 1.00 e. The first-order valence-electron chi connectivity index (χ1n) is 12.9. The lowest BCUT2D eigenvalue weighted by Gasteiger charge is -2.32. The highest BCUT2D eigenvalue weighted by Crippen LogP contribution is 2.10. The molecule has 0 aromatic carbocycles. The molecule has 0 bridgehead atoms. The van der Waals surface area contributed by atoms with Gasteiger partial charge in [0.05, 0.1) is 64.8 Å². The Morgan fingerprint density at radius 1 is 0.588 bits per heavy atom. The van der Waals surface area contributed by atoms with Gasteiger partial charge in [-0.05, 0) is 66.2 Å². The van der Waals surface area contributed by atoms with Gasteiger partial charge in [0.1, 0.15) is 0 Å². The zero-order valence-electron chi connectivity index (χ0n) is 22.5. The predicted octanol–water partition coefficient (Wildman–Crippen LogP) is -2.59. The Morgan fingerprint density at radius 2 is 0.912 bits per heavy atom. The number of quaternary nitrogens is 2. The summed E-state index contributed by atoms with van der Waals surface area (Å²) in [6, 6.07) is 0. The first-order valence-corrected chi connectivity index (χ1v) is 12.9. The van der Waals surface area contributed by atoms with Crippen molar-refractivity contribution in [3.63, 3.8) is 0 Å².